The van der Waals surface area contributed by atoms with Crippen molar-refractivity contribution in [2.24, 2.45) is 0 Å². The van der Waals surface area contributed by atoms with Crippen LogP contribution in [0.1, 0.15) is 19.0 Å². The summed E-state index contributed by atoms with van der Waals surface area (Å²) in [5.74, 6) is -0.997. The minimum Gasteiger partial charge on any atom is -0.368 e. The lowest BCUT2D eigenvalue weighted by Crippen LogP contribution is -2.26. The quantitative estimate of drug-likeness (QED) is 0.440. The maximum absolute atomic E-state index is 12.7. The van der Waals surface area contributed by atoms with Crippen LogP contribution >= 0.6 is 11.8 Å². The molecule has 0 fully saturated rings. The van der Waals surface area contributed by atoms with E-state index in [1.165, 1.54) is 6.33 Å². The summed E-state index contributed by atoms with van der Waals surface area (Å²) >= 11 is 1.08. The van der Waals surface area contributed by atoms with Gasteiger partial charge in [0, 0.05) is 6.20 Å². The minimum absolute atomic E-state index is 0.00595. The number of rotatable bonds is 5. The first-order valence-corrected chi connectivity index (χ1v) is 8.50. The molecule has 0 spiro atoms. The number of hydrogen-bond donors (Lipinski definition) is 3. The number of fused-ring (bicyclic) bond motifs is 1. The average Bonchev–Trinajstić information content (AvgIpc) is 3.07. The zero-order valence-corrected chi connectivity index (χ0v) is 14.6. The SMILES string of the molecule is CC[C@H](Sc1nc(N)nc2nc[nH]c12)C(=O)Nc1nccc(C(F)(F)F)n1. The lowest BCUT2D eigenvalue weighted by molar-refractivity contribution is -0.141. The zero-order chi connectivity index (χ0) is 19.6. The number of nitrogen functional groups attached to an aromatic ring is 1. The number of anilines is 2. The van der Waals surface area contributed by atoms with Crippen LogP contribution in [0.2, 0.25) is 0 Å². The number of H-pyrrole nitrogens is 1. The van der Waals surface area contributed by atoms with E-state index in [0.717, 1.165) is 24.0 Å². The van der Waals surface area contributed by atoms with Gasteiger partial charge in [-0.15, -0.1) is 0 Å². The Labute approximate surface area is 154 Å². The molecule has 13 heteroatoms. The number of aromatic amines is 1. The van der Waals surface area contributed by atoms with Gasteiger partial charge >= 0.3 is 6.18 Å². The lowest BCUT2D eigenvalue weighted by Gasteiger charge is -2.14. The van der Waals surface area contributed by atoms with Gasteiger partial charge in [0.2, 0.25) is 17.8 Å². The molecule has 0 aliphatic rings. The van der Waals surface area contributed by atoms with Crippen molar-refractivity contribution in [3.63, 3.8) is 0 Å². The molecule has 27 heavy (non-hydrogen) atoms. The molecular weight excluding hydrogens is 385 g/mol. The largest absolute Gasteiger partial charge is 0.433 e. The van der Waals surface area contributed by atoms with Gasteiger partial charge in [-0.3, -0.25) is 10.1 Å². The van der Waals surface area contributed by atoms with Gasteiger partial charge in [0.15, 0.2) is 5.65 Å². The molecule has 3 aromatic rings. The Morgan fingerprint density at radius 3 is 2.81 bits per heavy atom. The third-order valence-corrected chi connectivity index (χ3v) is 4.72. The molecule has 0 saturated heterocycles. The van der Waals surface area contributed by atoms with Crippen LogP contribution in [0.15, 0.2) is 23.6 Å². The highest BCUT2D eigenvalue weighted by molar-refractivity contribution is 8.00. The fourth-order valence-corrected chi connectivity index (χ4v) is 3.15. The number of imidazole rings is 1. The van der Waals surface area contributed by atoms with Gasteiger partial charge in [-0.1, -0.05) is 18.7 Å². The van der Waals surface area contributed by atoms with Gasteiger partial charge in [-0.2, -0.15) is 18.2 Å². The number of nitrogens with one attached hydrogen (secondary N) is 2. The Bertz CT molecular complexity index is 976. The number of aromatic nitrogens is 6. The molecule has 0 saturated carbocycles. The Morgan fingerprint density at radius 1 is 1.33 bits per heavy atom. The zero-order valence-electron chi connectivity index (χ0n) is 13.8. The van der Waals surface area contributed by atoms with Crippen molar-refractivity contribution in [1.82, 2.24) is 29.9 Å². The highest BCUT2D eigenvalue weighted by Crippen LogP contribution is 2.30. The monoisotopic (exact) mass is 398 g/mol. The van der Waals surface area contributed by atoms with Gasteiger partial charge < -0.3 is 10.7 Å². The van der Waals surface area contributed by atoms with E-state index in [9.17, 15) is 18.0 Å². The maximum Gasteiger partial charge on any atom is 0.433 e. The summed E-state index contributed by atoms with van der Waals surface area (Å²) in [7, 11) is 0. The average molecular weight is 398 g/mol. The number of carbonyl (C=O) groups excluding carboxylic acids is 1. The molecule has 0 aliphatic heterocycles. The van der Waals surface area contributed by atoms with Gasteiger partial charge in [-0.05, 0) is 12.5 Å². The topological polar surface area (TPSA) is 135 Å². The van der Waals surface area contributed by atoms with Crippen molar-refractivity contribution in [3.05, 3.63) is 24.3 Å². The van der Waals surface area contributed by atoms with Crippen LogP contribution in [0.3, 0.4) is 0 Å². The number of nitrogens with two attached hydrogens (primary N) is 1. The molecule has 0 radical (unpaired) electrons. The normalized spacial score (nSPS) is 12.9. The van der Waals surface area contributed by atoms with Crippen LogP contribution in [0.25, 0.3) is 11.2 Å². The predicted octanol–water partition coefficient (Wildman–Crippen LogP) is 2.25. The second-order valence-electron chi connectivity index (χ2n) is 5.26. The molecular formula is C14H13F3N8OS. The van der Waals surface area contributed by atoms with E-state index in [1.807, 2.05) is 0 Å². The number of hydrogen-bond acceptors (Lipinski definition) is 8. The molecule has 3 heterocycles. The van der Waals surface area contributed by atoms with E-state index in [0.29, 0.717) is 22.6 Å². The summed E-state index contributed by atoms with van der Waals surface area (Å²) in [6, 6.07) is 0.723. The number of halogens is 3. The van der Waals surface area contributed by atoms with Crippen molar-refractivity contribution < 1.29 is 18.0 Å². The molecule has 142 valence electrons. The van der Waals surface area contributed by atoms with Crippen LogP contribution in [-0.4, -0.2) is 41.1 Å². The number of carbonyl (C=O) groups is 1. The molecule has 0 unspecified atom stereocenters. The van der Waals surface area contributed by atoms with Gasteiger partial charge in [0.1, 0.15) is 16.2 Å². The highest BCUT2D eigenvalue weighted by atomic mass is 32.2. The third-order valence-electron chi connectivity index (χ3n) is 3.37. The van der Waals surface area contributed by atoms with Crippen molar-refractivity contribution >= 4 is 40.7 Å². The standard InChI is InChI=1S/C14H13F3N8OS/c1-2-6(27-11-8-9(21-5-20-8)23-12(18)25-11)10(26)24-13-19-4-3-7(22-13)14(15,16)17/h3-6H,2H2,1H3,(H,19,22,24,26)(H3,18,20,21,23,25)/t6-/m0/s1. The number of alkyl halides is 3. The van der Waals surface area contributed by atoms with Crippen LogP contribution in [-0.2, 0) is 11.0 Å². The van der Waals surface area contributed by atoms with Gasteiger partial charge in [-0.25, -0.2) is 19.9 Å². The van der Waals surface area contributed by atoms with Crippen LogP contribution in [0.4, 0.5) is 25.1 Å². The summed E-state index contributed by atoms with van der Waals surface area (Å²) in [5, 5.41) is 2.03. The van der Waals surface area contributed by atoms with Crippen LogP contribution in [0.5, 0.6) is 0 Å². The number of nitrogens with zero attached hydrogens (tertiary/aromatic N) is 5. The molecule has 0 bridgehead atoms. The van der Waals surface area contributed by atoms with Crippen LogP contribution < -0.4 is 11.1 Å². The van der Waals surface area contributed by atoms with Gasteiger partial charge in [0.05, 0.1) is 11.6 Å². The lowest BCUT2D eigenvalue weighted by atomic mass is 10.3. The predicted molar refractivity (Wildman–Crippen MR) is 91.7 cm³/mol. The maximum atomic E-state index is 12.7. The first kappa shape index (κ1) is 18.8. The second-order valence-corrected chi connectivity index (χ2v) is 6.45. The molecule has 9 nitrogen and oxygen atoms in total. The summed E-state index contributed by atoms with van der Waals surface area (Å²) in [4.78, 5) is 34.4. The summed E-state index contributed by atoms with van der Waals surface area (Å²) in [5.41, 5.74) is 5.36. The van der Waals surface area contributed by atoms with Crippen molar-refractivity contribution in [2.45, 2.75) is 29.8 Å². The fourth-order valence-electron chi connectivity index (χ4n) is 2.13. The van der Waals surface area contributed by atoms with Crippen molar-refractivity contribution in [3.8, 4) is 0 Å². The molecule has 3 aromatic heterocycles. The Kier molecular flexibility index (Phi) is 5.12. The Hall–Kier alpha value is -2.96. The summed E-state index contributed by atoms with van der Waals surface area (Å²) < 4.78 is 38.2. The first-order chi connectivity index (χ1) is 12.8. The van der Waals surface area contributed by atoms with E-state index in [4.69, 9.17) is 5.73 Å². The molecule has 4 N–H and O–H groups in total. The van der Waals surface area contributed by atoms with E-state index < -0.39 is 29.0 Å². The summed E-state index contributed by atoms with van der Waals surface area (Å²) in [6.07, 6.45) is -1.92. The molecule has 1 amide bonds. The van der Waals surface area contributed by atoms with Crippen LogP contribution in [0, 0.1) is 0 Å². The van der Waals surface area contributed by atoms with Gasteiger partial charge in [0.25, 0.3) is 0 Å². The Balaban J connectivity index is 1.79. The van der Waals surface area contributed by atoms with Crippen molar-refractivity contribution in [1.29, 1.82) is 0 Å². The molecule has 0 aliphatic carbocycles. The second kappa shape index (κ2) is 7.34. The van der Waals surface area contributed by atoms with E-state index in [1.54, 1.807) is 6.92 Å². The third kappa shape index (κ3) is 4.24. The molecule has 0 aromatic carbocycles. The Morgan fingerprint density at radius 2 is 2.11 bits per heavy atom. The highest BCUT2D eigenvalue weighted by Gasteiger charge is 2.33. The van der Waals surface area contributed by atoms with Crippen molar-refractivity contribution in [2.75, 3.05) is 11.1 Å². The molecule has 1 atom stereocenters. The fraction of sp³-hybridized carbons (Fsp3) is 0.286. The summed E-state index contributed by atoms with van der Waals surface area (Å²) in [6.45, 7) is 1.75. The van der Waals surface area contributed by atoms with E-state index >= 15 is 0 Å². The van der Waals surface area contributed by atoms with E-state index in [-0.39, 0.29) is 5.95 Å². The minimum atomic E-state index is -4.63. The smallest absolute Gasteiger partial charge is 0.368 e. The first-order valence-electron chi connectivity index (χ1n) is 7.62. The number of amides is 1. The number of thioether (sulfide) groups is 1. The van der Waals surface area contributed by atoms with E-state index in [2.05, 4.69) is 35.2 Å². The molecule has 3 rings (SSSR count).